The van der Waals surface area contributed by atoms with E-state index in [1.807, 2.05) is 30.9 Å². The quantitative estimate of drug-likeness (QED) is 0.903. The zero-order valence-electron chi connectivity index (χ0n) is 15.0. The first kappa shape index (κ1) is 17.3. The first-order valence-electron chi connectivity index (χ1n) is 8.27. The molecule has 2 heterocycles. The molecule has 0 saturated heterocycles. The van der Waals surface area contributed by atoms with Crippen LogP contribution < -0.4 is 14.9 Å². The minimum Gasteiger partial charge on any atom is -0.493 e. The van der Waals surface area contributed by atoms with Crippen molar-refractivity contribution in [1.29, 1.82) is 0 Å². The summed E-state index contributed by atoms with van der Waals surface area (Å²) in [5.41, 5.74) is 4.61. The van der Waals surface area contributed by atoms with E-state index in [9.17, 15) is 9.59 Å². The molecule has 7 heteroatoms. The summed E-state index contributed by atoms with van der Waals surface area (Å²) in [6.45, 7) is 4.54. The van der Waals surface area contributed by atoms with Crippen LogP contribution in [0.4, 0.5) is 0 Å². The third-order valence-corrected chi connectivity index (χ3v) is 4.78. The number of benzene rings is 1. The number of nitrogens with zero attached hydrogens (tertiary/aromatic N) is 2. The molecular weight excluding hydrogens is 322 g/mol. The lowest BCUT2D eigenvalue weighted by molar-refractivity contribution is -0.130. The van der Waals surface area contributed by atoms with Crippen molar-refractivity contribution in [2.45, 2.75) is 45.2 Å². The van der Waals surface area contributed by atoms with Gasteiger partial charge in [0.1, 0.15) is 5.71 Å². The van der Waals surface area contributed by atoms with Gasteiger partial charge in [-0.15, -0.1) is 0 Å². The molecule has 134 valence electrons. The summed E-state index contributed by atoms with van der Waals surface area (Å²) >= 11 is 0. The number of hydrogen-bond donors (Lipinski definition) is 1. The van der Waals surface area contributed by atoms with Crippen LogP contribution in [0.5, 0.6) is 11.5 Å². The van der Waals surface area contributed by atoms with Gasteiger partial charge in [0.05, 0.1) is 14.2 Å². The van der Waals surface area contributed by atoms with Crippen LogP contribution in [0.2, 0.25) is 0 Å². The molecule has 0 unspecified atom stereocenters. The topological polar surface area (TPSA) is 80.2 Å². The van der Waals surface area contributed by atoms with Crippen molar-refractivity contribution in [3.63, 3.8) is 0 Å². The maximum absolute atomic E-state index is 13.0. The number of fused-ring (bicyclic) bond motifs is 1. The van der Waals surface area contributed by atoms with Crippen molar-refractivity contribution >= 4 is 17.5 Å². The summed E-state index contributed by atoms with van der Waals surface area (Å²) < 4.78 is 10.8. The fraction of sp³-hybridized carbons (Fsp3) is 0.500. The zero-order valence-corrected chi connectivity index (χ0v) is 15.0. The molecule has 0 bridgehead atoms. The van der Waals surface area contributed by atoms with Crippen LogP contribution in [0.1, 0.15) is 37.8 Å². The molecule has 0 radical (unpaired) electrons. The lowest BCUT2D eigenvalue weighted by atomic mass is 9.84. The second-order valence-corrected chi connectivity index (χ2v) is 6.95. The van der Waals surface area contributed by atoms with Gasteiger partial charge < -0.3 is 14.4 Å². The molecule has 0 atom stereocenters. The molecule has 1 aromatic carbocycles. The molecule has 0 fully saturated rings. The number of carbonyl (C=O) groups is 2. The molecule has 1 aromatic rings. The van der Waals surface area contributed by atoms with Crippen LogP contribution in [0, 0.1) is 0 Å². The molecule has 0 spiro atoms. The van der Waals surface area contributed by atoms with Gasteiger partial charge in [-0.3, -0.25) is 9.59 Å². The van der Waals surface area contributed by atoms with Gasteiger partial charge in [0.25, 0.3) is 5.91 Å². The van der Waals surface area contributed by atoms with Gasteiger partial charge in [0.2, 0.25) is 5.91 Å². The van der Waals surface area contributed by atoms with Crippen LogP contribution in [0.15, 0.2) is 17.2 Å². The van der Waals surface area contributed by atoms with Crippen molar-refractivity contribution in [3.05, 3.63) is 23.3 Å². The summed E-state index contributed by atoms with van der Waals surface area (Å²) in [6, 6.07) is 3.91. The van der Waals surface area contributed by atoms with Crippen molar-refractivity contribution in [2.75, 3.05) is 14.2 Å². The van der Waals surface area contributed by atoms with Gasteiger partial charge in [-0.2, -0.15) is 5.10 Å². The van der Waals surface area contributed by atoms with E-state index in [0.717, 1.165) is 11.1 Å². The largest absolute Gasteiger partial charge is 0.493 e. The normalized spacial score (nSPS) is 18.8. The Bertz CT molecular complexity index is 755. The summed E-state index contributed by atoms with van der Waals surface area (Å²) in [5, 5.41) is 3.95. The third-order valence-electron chi connectivity index (χ3n) is 4.78. The van der Waals surface area contributed by atoms with Crippen molar-refractivity contribution in [2.24, 2.45) is 5.10 Å². The van der Waals surface area contributed by atoms with E-state index >= 15 is 0 Å². The first-order valence-corrected chi connectivity index (χ1v) is 8.27. The number of ether oxygens (including phenoxy) is 2. The van der Waals surface area contributed by atoms with Crippen LogP contribution in [-0.4, -0.2) is 42.2 Å². The van der Waals surface area contributed by atoms with E-state index in [1.165, 1.54) is 0 Å². The molecule has 1 N–H and O–H groups in total. The Morgan fingerprint density at radius 3 is 2.36 bits per heavy atom. The van der Waals surface area contributed by atoms with Crippen molar-refractivity contribution < 1.29 is 19.1 Å². The van der Waals surface area contributed by atoms with Gasteiger partial charge in [-0.1, -0.05) is 0 Å². The average molecular weight is 345 g/mol. The van der Waals surface area contributed by atoms with Gasteiger partial charge in [0, 0.05) is 24.9 Å². The van der Waals surface area contributed by atoms with Crippen molar-refractivity contribution in [1.82, 2.24) is 10.3 Å². The summed E-state index contributed by atoms with van der Waals surface area (Å²) in [5.74, 6) is 1.05. The Kier molecular flexibility index (Phi) is 4.41. The maximum Gasteiger partial charge on any atom is 0.270 e. The predicted molar refractivity (Wildman–Crippen MR) is 92.7 cm³/mol. The Morgan fingerprint density at radius 1 is 1.16 bits per heavy atom. The smallest absolute Gasteiger partial charge is 0.270 e. The van der Waals surface area contributed by atoms with E-state index < -0.39 is 0 Å². The molecule has 2 amide bonds. The fourth-order valence-electron chi connectivity index (χ4n) is 3.35. The number of carbonyl (C=O) groups excluding carboxylic acids is 2. The zero-order chi connectivity index (χ0) is 18.2. The SMILES string of the molecule is COc1cc2c(cc1OC)CC(C)(C)N(C(=O)C1=NNC(=O)CC1)C2. The average Bonchev–Trinajstić information content (AvgIpc) is 2.59. The van der Waals surface area contributed by atoms with Gasteiger partial charge in [0.15, 0.2) is 11.5 Å². The molecule has 2 aliphatic rings. The summed E-state index contributed by atoms with van der Waals surface area (Å²) in [6.07, 6.45) is 1.37. The van der Waals surface area contributed by atoms with E-state index in [2.05, 4.69) is 10.5 Å². The van der Waals surface area contributed by atoms with E-state index in [0.29, 0.717) is 43.0 Å². The number of rotatable bonds is 3. The Labute approximate surface area is 147 Å². The monoisotopic (exact) mass is 345 g/mol. The molecule has 0 saturated carbocycles. The Balaban J connectivity index is 1.93. The van der Waals surface area contributed by atoms with E-state index in [-0.39, 0.29) is 17.4 Å². The molecular formula is C18H23N3O4. The fourth-order valence-corrected chi connectivity index (χ4v) is 3.35. The van der Waals surface area contributed by atoms with Gasteiger partial charge in [-0.25, -0.2) is 5.43 Å². The molecule has 7 nitrogen and oxygen atoms in total. The Morgan fingerprint density at radius 2 is 1.80 bits per heavy atom. The van der Waals surface area contributed by atoms with Crippen LogP contribution in [0.3, 0.4) is 0 Å². The van der Waals surface area contributed by atoms with E-state index in [4.69, 9.17) is 9.47 Å². The molecule has 25 heavy (non-hydrogen) atoms. The van der Waals surface area contributed by atoms with Crippen LogP contribution >= 0.6 is 0 Å². The first-order chi connectivity index (χ1) is 11.9. The minimum atomic E-state index is -0.367. The minimum absolute atomic E-state index is 0.134. The molecule has 3 rings (SSSR count). The highest BCUT2D eigenvalue weighted by Gasteiger charge is 2.38. The summed E-state index contributed by atoms with van der Waals surface area (Å²) in [7, 11) is 3.21. The Hall–Kier alpha value is -2.57. The molecule has 0 aliphatic carbocycles. The number of amides is 2. The van der Waals surface area contributed by atoms with E-state index in [1.54, 1.807) is 14.2 Å². The maximum atomic E-state index is 13.0. The highest BCUT2D eigenvalue weighted by molar-refractivity contribution is 6.39. The van der Waals surface area contributed by atoms with Crippen LogP contribution in [0.25, 0.3) is 0 Å². The number of nitrogens with one attached hydrogen (secondary N) is 1. The van der Waals surface area contributed by atoms with Crippen molar-refractivity contribution in [3.8, 4) is 11.5 Å². The van der Waals surface area contributed by atoms with Crippen LogP contribution in [-0.2, 0) is 22.6 Å². The standard InChI is InChI=1S/C18H23N3O4/c1-18(2)9-11-7-14(24-3)15(25-4)8-12(11)10-21(18)17(23)13-5-6-16(22)20-19-13/h7-8H,5-6,9-10H2,1-4H3,(H,20,22). The predicted octanol–water partition coefficient (Wildman–Crippen LogP) is 1.63. The third kappa shape index (κ3) is 3.18. The second-order valence-electron chi connectivity index (χ2n) is 6.95. The number of hydrazone groups is 1. The highest BCUT2D eigenvalue weighted by Crippen LogP contribution is 2.38. The van der Waals surface area contributed by atoms with Gasteiger partial charge >= 0.3 is 0 Å². The highest BCUT2D eigenvalue weighted by atomic mass is 16.5. The lowest BCUT2D eigenvalue weighted by Gasteiger charge is -2.43. The molecule has 0 aromatic heterocycles. The summed E-state index contributed by atoms with van der Waals surface area (Å²) in [4.78, 5) is 26.0. The van der Waals surface area contributed by atoms with Gasteiger partial charge in [-0.05, 0) is 43.5 Å². The lowest BCUT2D eigenvalue weighted by Crippen LogP contribution is -2.54. The number of methoxy groups -OCH3 is 2. The second kappa shape index (κ2) is 6.38. The number of hydrogen-bond acceptors (Lipinski definition) is 5. The molecule has 2 aliphatic heterocycles.